The molecule has 2 atom stereocenters. The molecule has 0 fully saturated rings. The topological polar surface area (TPSA) is 115 Å². The zero-order valence-corrected chi connectivity index (χ0v) is 22.2. The first kappa shape index (κ1) is 29.6. The Balaban J connectivity index is 1.56. The maximum Gasteiger partial charge on any atom is 0.251 e. The molecular weight excluding hydrogens is 496 g/mol. The molecule has 3 rings (SSSR count). The number of hydrogen-bond donors (Lipinski definition) is 3. The normalized spacial score (nSPS) is 12.2. The van der Waals surface area contributed by atoms with Crippen LogP contribution in [0.3, 0.4) is 0 Å². The number of hydroxylamine groups is 1. The highest BCUT2D eigenvalue weighted by Crippen LogP contribution is 2.16. The SMILES string of the molecule is COCOCC(CC(Cc1ccccc1)C(=O)NO)NC(=O)c1ccc(C#CCCCCn2ccnc2)cc1. The minimum absolute atomic E-state index is 0.0544. The average Bonchev–Trinajstić information content (AvgIpc) is 3.48. The molecule has 3 N–H and O–H groups in total. The third-order valence-electron chi connectivity index (χ3n) is 6.14. The van der Waals surface area contributed by atoms with Crippen LogP contribution in [-0.4, -0.2) is 53.1 Å². The largest absolute Gasteiger partial charge is 0.359 e. The number of ether oxygens (including phenoxy) is 2. The molecule has 0 saturated heterocycles. The number of nitrogens with one attached hydrogen (secondary N) is 2. The second-order valence-corrected chi connectivity index (χ2v) is 9.18. The van der Waals surface area contributed by atoms with Gasteiger partial charge in [0.15, 0.2) is 0 Å². The lowest BCUT2D eigenvalue weighted by atomic mass is 9.92. The maximum absolute atomic E-state index is 13.0. The van der Waals surface area contributed by atoms with Crippen molar-refractivity contribution in [2.75, 3.05) is 20.5 Å². The summed E-state index contributed by atoms with van der Waals surface area (Å²) in [6.45, 7) is 1.13. The van der Waals surface area contributed by atoms with Gasteiger partial charge in [-0.25, -0.2) is 10.5 Å². The number of imidazole rings is 1. The third kappa shape index (κ3) is 10.7. The molecule has 39 heavy (non-hydrogen) atoms. The summed E-state index contributed by atoms with van der Waals surface area (Å²) in [7, 11) is 1.51. The van der Waals surface area contributed by atoms with Gasteiger partial charge in [0.2, 0.25) is 5.91 Å². The Hall–Kier alpha value is -3.97. The Morgan fingerprint density at radius 1 is 1.10 bits per heavy atom. The van der Waals surface area contributed by atoms with Gasteiger partial charge in [-0.1, -0.05) is 42.2 Å². The standard InChI is InChI=1S/C30H36N4O5/c1-38-23-39-21-28(20-27(30(36)33-37)19-25-10-6-4-7-11-25)32-29(35)26-14-12-24(13-15-26)9-5-2-3-8-17-34-18-16-31-22-34/h4,6-7,10-16,18,22,27-28,37H,2-3,8,17,19-21,23H2,1H3,(H,32,35)(H,33,36). The fourth-order valence-electron chi connectivity index (χ4n) is 4.12. The monoisotopic (exact) mass is 532 g/mol. The summed E-state index contributed by atoms with van der Waals surface area (Å²) in [6, 6.07) is 16.1. The number of benzene rings is 2. The van der Waals surface area contributed by atoms with Crippen molar-refractivity contribution in [3.05, 3.63) is 90.0 Å². The van der Waals surface area contributed by atoms with Gasteiger partial charge in [-0.2, -0.15) is 0 Å². The van der Waals surface area contributed by atoms with Crippen LogP contribution in [0.25, 0.3) is 0 Å². The Morgan fingerprint density at radius 2 is 1.90 bits per heavy atom. The zero-order chi connectivity index (χ0) is 27.7. The first-order valence-electron chi connectivity index (χ1n) is 13.0. The van der Waals surface area contributed by atoms with E-state index in [0.717, 1.165) is 36.9 Å². The number of amides is 2. The average molecular weight is 533 g/mol. The van der Waals surface area contributed by atoms with Crippen LogP contribution in [0.4, 0.5) is 0 Å². The molecule has 0 aliphatic carbocycles. The predicted molar refractivity (Wildman–Crippen MR) is 147 cm³/mol. The molecule has 3 aromatic rings. The predicted octanol–water partition coefficient (Wildman–Crippen LogP) is 3.58. The Morgan fingerprint density at radius 3 is 2.59 bits per heavy atom. The number of nitrogens with zero attached hydrogens (tertiary/aromatic N) is 2. The van der Waals surface area contributed by atoms with Gasteiger partial charge in [0.25, 0.3) is 5.91 Å². The van der Waals surface area contributed by atoms with Gasteiger partial charge < -0.3 is 19.4 Å². The molecule has 0 saturated carbocycles. The van der Waals surface area contributed by atoms with E-state index >= 15 is 0 Å². The van der Waals surface area contributed by atoms with E-state index in [-0.39, 0.29) is 25.7 Å². The Labute approximate surface area is 229 Å². The van der Waals surface area contributed by atoms with Gasteiger partial charge in [-0.15, -0.1) is 0 Å². The molecule has 0 spiro atoms. The van der Waals surface area contributed by atoms with Crippen molar-refractivity contribution in [2.45, 2.75) is 44.7 Å². The van der Waals surface area contributed by atoms with E-state index in [1.807, 2.05) is 55.0 Å². The van der Waals surface area contributed by atoms with Crippen LogP contribution in [-0.2, 0) is 27.2 Å². The molecule has 0 radical (unpaired) electrons. The second-order valence-electron chi connectivity index (χ2n) is 9.18. The lowest BCUT2D eigenvalue weighted by Crippen LogP contribution is -2.42. The van der Waals surface area contributed by atoms with Gasteiger partial charge >= 0.3 is 0 Å². The van der Waals surface area contributed by atoms with E-state index in [0.29, 0.717) is 12.0 Å². The fourth-order valence-corrected chi connectivity index (χ4v) is 4.12. The quantitative estimate of drug-likeness (QED) is 0.0906. The number of hydrogen-bond acceptors (Lipinski definition) is 6. The number of aryl methyl sites for hydroxylation is 1. The van der Waals surface area contributed by atoms with Gasteiger partial charge in [0.05, 0.1) is 19.0 Å². The van der Waals surface area contributed by atoms with Crippen molar-refractivity contribution in [3.8, 4) is 11.8 Å². The van der Waals surface area contributed by atoms with Crippen molar-refractivity contribution in [3.63, 3.8) is 0 Å². The third-order valence-corrected chi connectivity index (χ3v) is 6.14. The minimum atomic E-state index is -0.577. The van der Waals surface area contributed by atoms with Crippen LogP contribution in [0.1, 0.15) is 47.2 Å². The van der Waals surface area contributed by atoms with Crippen LogP contribution in [0.5, 0.6) is 0 Å². The van der Waals surface area contributed by atoms with E-state index in [4.69, 9.17) is 9.47 Å². The van der Waals surface area contributed by atoms with Crippen molar-refractivity contribution in [1.29, 1.82) is 0 Å². The molecule has 2 unspecified atom stereocenters. The molecule has 0 bridgehead atoms. The van der Waals surface area contributed by atoms with Crippen molar-refractivity contribution < 1.29 is 24.3 Å². The summed E-state index contributed by atoms with van der Waals surface area (Å²) in [6.07, 6.45) is 9.04. The van der Waals surface area contributed by atoms with Crippen molar-refractivity contribution >= 4 is 11.8 Å². The summed E-state index contributed by atoms with van der Waals surface area (Å²) in [5, 5.41) is 12.2. The number of carbonyl (C=O) groups is 2. The van der Waals surface area contributed by atoms with Crippen LogP contribution in [0.2, 0.25) is 0 Å². The molecule has 9 nitrogen and oxygen atoms in total. The minimum Gasteiger partial charge on any atom is -0.359 e. The summed E-state index contributed by atoms with van der Waals surface area (Å²) >= 11 is 0. The van der Waals surface area contributed by atoms with Crippen LogP contribution >= 0.6 is 0 Å². The lowest BCUT2D eigenvalue weighted by molar-refractivity contribution is -0.134. The van der Waals surface area contributed by atoms with Crippen LogP contribution in [0, 0.1) is 17.8 Å². The summed E-state index contributed by atoms with van der Waals surface area (Å²) < 4.78 is 12.5. The van der Waals surface area contributed by atoms with Crippen molar-refractivity contribution in [1.82, 2.24) is 20.3 Å². The zero-order valence-electron chi connectivity index (χ0n) is 22.2. The van der Waals surface area contributed by atoms with Crippen LogP contribution < -0.4 is 10.8 Å². The van der Waals surface area contributed by atoms with Crippen molar-refractivity contribution in [2.24, 2.45) is 5.92 Å². The van der Waals surface area contributed by atoms with Gasteiger partial charge in [0, 0.05) is 49.5 Å². The number of methoxy groups -OCH3 is 1. The Bertz CT molecular complexity index is 1190. The molecular formula is C30H36N4O5. The number of aromatic nitrogens is 2. The van der Waals surface area contributed by atoms with Gasteiger partial charge in [0.1, 0.15) is 6.79 Å². The highest BCUT2D eigenvalue weighted by Gasteiger charge is 2.25. The molecule has 0 aliphatic rings. The fraction of sp³-hybridized carbons (Fsp3) is 0.367. The molecule has 9 heteroatoms. The summed E-state index contributed by atoms with van der Waals surface area (Å²) in [5.41, 5.74) is 4.01. The van der Waals surface area contributed by atoms with E-state index in [2.05, 4.69) is 26.7 Å². The molecule has 1 aromatic heterocycles. The van der Waals surface area contributed by atoms with Gasteiger partial charge in [-0.05, 0) is 55.5 Å². The first-order valence-corrected chi connectivity index (χ1v) is 13.0. The highest BCUT2D eigenvalue weighted by atomic mass is 16.7. The summed E-state index contributed by atoms with van der Waals surface area (Å²) in [5.74, 6) is 4.95. The maximum atomic E-state index is 13.0. The molecule has 206 valence electrons. The second kappa shape index (κ2) is 16.8. The number of carbonyl (C=O) groups excluding carboxylic acids is 2. The first-order chi connectivity index (χ1) is 19.1. The van der Waals surface area contributed by atoms with Gasteiger partial charge in [-0.3, -0.25) is 14.8 Å². The lowest BCUT2D eigenvalue weighted by Gasteiger charge is -2.23. The number of rotatable bonds is 15. The van der Waals surface area contributed by atoms with E-state index in [1.54, 1.807) is 23.8 Å². The van der Waals surface area contributed by atoms with E-state index < -0.39 is 17.9 Å². The molecule has 1 heterocycles. The highest BCUT2D eigenvalue weighted by molar-refractivity contribution is 5.94. The smallest absolute Gasteiger partial charge is 0.251 e. The van der Waals surface area contributed by atoms with E-state index in [9.17, 15) is 14.8 Å². The number of unbranched alkanes of at least 4 members (excludes halogenated alkanes) is 2. The molecule has 2 aromatic carbocycles. The molecule has 2 amide bonds. The van der Waals surface area contributed by atoms with Crippen LogP contribution in [0.15, 0.2) is 73.3 Å². The summed E-state index contributed by atoms with van der Waals surface area (Å²) in [4.78, 5) is 29.5. The Kier molecular flexibility index (Phi) is 12.7. The molecule has 0 aliphatic heterocycles. The van der Waals surface area contributed by atoms with E-state index in [1.165, 1.54) is 7.11 Å².